The molecular weight excluding hydrogens is 319 g/mol. The fraction of sp³-hybridized carbons (Fsp3) is 0.462. The van der Waals surface area contributed by atoms with Crippen molar-refractivity contribution in [1.29, 1.82) is 0 Å². The SMILES string of the molecule is COC(=O)[C@H](C)N(C)Cc1ccc2c(c1N)OCO2.Cl.Cl. The van der Waals surface area contributed by atoms with Crippen molar-refractivity contribution < 1.29 is 19.0 Å². The molecule has 2 N–H and O–H groups in total. The number of hydrogen-bond acceptors (Lipinski definition) is 6. The predicted molar refractivity (Wildman–Crippen MR) is 84.4 cm³/mol. The number of hydrogen-bond donors (Lipinski definition) is 1. The maximum Gasteiger partial charge on any atom is 0.322 e. The van der Waals surface area contributed by atoms with Gasteiger partial charge in [-0.1, -0.05) is 6.07 Å². The summed E-state index contributed by atoms with van der Waals surface area (Å²) in [5.74, 6) is 0.961. The summed E-state index contributed by atoms with van der Waals surface area (Å²) in [6.45, 7) is 2.51. The zero-order valence-corrected chi connectivity index (χ0v) is 13.8. The van der Waals surface area contributed by atoms with E-state index in [-0.39, 0.29) is 43.6 Å². The zero-order chi connectivity index (χ0) is 14.0. The van der Waals surface area contributed by atoms with Crippen LogP contribution in [0.1, 0.15) is 12.5 Å². The van der Waals surface area contributed by atoms with Gasteiger partial charge in [0.1, 0.15) is 6.04 Å². The Hall–Kier alpha value is -1.37. The van der Waals surface area contributed by atoms with E-state index in [1.54, 1.807) is 6.92 Å². The molecule has 1 aliphatic rings. The van der Waals surface area contributed by atoms with Crippen LogP contribution < -0.4 is 15.2 Å². The Morgan fingerprint density at radius 1 is 1.43 bits per heavy atom. The molecule has 21 heavy (non-hydrogen) atoms. The molecule has 0 unspecified atom stereocenters. The number of carbonyl (C=O) groups is 1. The number of methoxy groups -OCH3 is 1. The number of benzene rings is 1. The average Bonchev–Trinajstić information content (AvgIpc) is 2.89. The summed E-state index contributed by atoms with van der Waals surface area (Å²) in [5, 5.41) is 0. The maximum atomic E-state index is 11.5. The summed E-state index contributed by atoms with van der Waals surface area (Å²) in [4.78, 5) is 13.3. The minimum atomic E-state index is -0.338. The van der Waals surface area contributed by atoms with E-state index in [1.807, 2.05) is 24.1 Å². The Morgan fingerprint density at radius 2 is 2.10 bits per heavy atom. The van der Waals surface area contributed by atoms with Gasteiger partial charge in [-0.25, -0.2) is 0 Å². The molecule has 0 aromatic heterocycles. The number of rotatable bonds is 4. The number of halogens is 2. The van der Waals surface area contributed by atoms with Gasteiger partial charge in [0.25, 0.3) is 0 Å². The normalized spacial score (nSPS) is 13.1. The van der Waals surface area contributed by atoms with E-state index >= 15 is 0 Å². The molecule has 0 fully saturated rings. The molecule has 0 bridgehead atoms. The third kappa shape index (κ3) is 4.06. The topological polar surface area (TPSA) is 74.0 Å². The summed E-state index contributed by atoms with van der Waals surface area (Å²) in [7, 11) is 3.22. The lowest BCUT2D eigenvalue weighted by atomic mass is 10.1. The van der Waals surface area contributed by atoms with Gasteiger partial charge in [0.2, 0.25) is 6.79 Å². The first-order valence-corrected chi connectivity index (χ1v) is 5.99. The monoisotopic (exact) mass is 338 g/mol. The quantitative estimate of drug-likeness (QED) is 0.666. The molecule has 1 aliphatic heterocycles. The molecule has 0 amide bonds. The van der Waals surface area contributed by atoms with E-state index in [0.29, 0.717) is 23.7 Å². The Labute approximate surface area is 136 Å². The largest absolute Gasteiger partial charge is 0.468 e. The number of anilines is 1. The fourth-order valence-electron chi connectivity index (χ4n) is 1.93. The Kier molecular flexibility index (Phi) is 7.63. The molecule has 1 heterocycles. The summed E-state index contributed by atoms with van der Waals surface area (Å²) in [6.07, 6.45) is 0. The van der Waals surface area contributed by atoms with Crippen LogP contribution in [-0.2, 0) is 16.1 Å². The summed E-state index contributed by atoms with van der Waals surface area (Å²) < 4.78 is 15.3. The van der Waals surface area contributed by atoms with Crippen LogP contribution in [0, 0.1) is 0 Å². The second-order valence-electron chi connectivity index (χ2n) is 4.49. The molecule has 0 saturated heterocycles. The number of esters is 1. The molecule has 0 radical (unpaired) electrons. The predicted octanol–water partition coefficient (Wildman–Crippen LogP) is 1.83. The van der Waals surface area contributed by atoms with Gasteiger partial charge in [0.15, 0.2) is 11.5 Å². The van der Waals surface area contributed by atoms with Gasteiger partial charge in [0.05, 0.1) is 12.8 Å². The van der Waals surface area contributed by atoms with Crippen LogP contribution in [-0.4, -0.2) is 37.9 Å². The van der Waals surface area contributed by atoms with E-state index in [1.165, 1.54) is 7.11 Å². The number of ether oxygens (including phenoxy) is 3. The first kappa shape index (κ1) is 19.6. The van der Waals surface area contributed by atoms with E-state index in [2.05, 4.69) is 0 Å². The van der Waals surface area contributed by atoms with Crippen molar-refractivity contribution in [2.75, 3.05) is 26.7 Å². The molecule has 0 saturated carbocycles. The molecule has 0 aliphatic carbocycles. The van der Waals surface area contributed by atoms with Crippen LogP contribution in [0.15, 0.2) is 12.1 Å². The van der Waals surface area contributed by atoms with Gasteiger partial charge in [-0.05, 0) is 25.6 Å². The highest BCUT2D eigenvalue weighted by Crippen LogP contribution is 2.39. The van der Waals surface area contributed by atoms with Crippen LogP contribution in [0.5, 0.6) is 11.5 Å². The second kappa shape index (κ2) is 8.17. The molecule has 1 aromatic carbocycles. The first-order chi connectivity index (χ1) is 9.04. The standard InChI is InChI=1S/C13H18N2O4.2ClH/c1-8(13(16)17-3)15(2)6-9-4-5-10-12(11(9)14)19-7-18-10;;/h4-5,8H,6-7,14H2,1-3H3;2*1H/t8-;;/m0../s1. The number of carbonyl (C=O) groups excluding carboxylic acids is 1. The smallest absolute Gasteiger partial charge is 0.322 e. The molecule has 1 aromatic rings. The van der Waals surface area contributed by atoms with Crippen LogP contribution in [0.3, 0.4) is 0 Å². The molecular formula is C13H20Cl2N2O4. The molecule has 2 rings (SSSR count). The summed E-state index contributed by atoms with van der Waals surface area (Å²) >= 11 is 0. The lowest BCUT2D eigenvalue weighted by molar-refractivity contribution is -0.145. The van der Waals surface area contributed by atoms with E-state index in [0.717, 1.165) is 5.56 Å². The van der Waals surface area contributed by atoms with Gasteiger partial charge in [-0.15, -0.1) is 24.8 Å². The van der Waals surface area contributed by atoms with Crippen LogP contribution in [0.2, 0.25) is 0 Å². The number of nitrogen functional groups attached to an aromatic ring is 1. The number of nitrogens with two attached hydrogens (primary N) is 1. The number of fused-ring (bicyclic) bond motifs is 1. The van der Waals surface area contributed by atoms with Crippen molar-refractivity contribution in [1.82, 2.24) is 4.90 Å². The summed E-state index contributed by atoms with van der Waals surface area (Å²) in [5.41, 5.74) is 7.49. The van der Waals surface area contributed by atoms with Crippen molar-refractivity contribution in [3.05, 3.63) is 17.7 Å². The highest BCUT2D eigenvalue weighted by Gasteiger charge is 2.22. The van der Waals surface area contributed by atoms with Crippen molar-refractivity contribution in [2.24, 2.45) is 0 Å². The highest BCUT2D eigenvalue weighted by atomic mass is 35.5. The maximum absolute atomic E-state index is 11.5. The lowest BCUT2D eigenvalue weighted by Gasteiger charge is -2.23. The zero-order valence-electron chi connectivity index (χ0n) is 12.1. The van der Waals surface area contributed by atoms with Gasteiger partial charge < -0.3 is 19.9 Å². The van der Waals surface area contributed by atoms with E-state index in [4.69, 9.17) is 19.9 Å². The third-order valence-electron chi connectivity index (χ3n) is 3.29. The third-order valence-corrected chi connectivity index (χ3v) is 3.29. The molecule has 8 heteroatoms. The minimum absolute atomic E-state index is 0. The van der Waals surface area contributed by atoms with Gasteiger partial charge >= 0.3 is 5.97 Å². The second-order valence-corrected chi connectivity index (χ2v) is 4.49. The fourth-order valence-corrected chi connectivity index (χ4v) is 1.93. The average molecular weight is 339 g/mol. The molecule has 6 nitrogen and oxygen atoms in total. The molecule has 0 spiro atoms. The first-order valence-electron chi connectivity index (χ1n) is 5.99. The van der Waals surface area contributed by atoms with E-state index in [9.17, 15) is 4.79 Å². The van der Waals surface area contributed by atoms with Crippen LogP contribution >= 0.6 is 24.8 Å². The highest BCUT2D eigenvalue weighted by molar-refractivity contribution is 5.85. The van der Waals surface area contributed by atoms with Crippen LogP contribution in [0.25, 0.3) is 0 Å². The molecule has 120 valence electrons. The number of likely N-dealkylation sites (N-methyl/N-ethyl adjacent to an activating group) is 1. The number of nitrogens with zero attached hydrogens (tertiary/aromatic N) is 1. The Morgan fingerprint density at radius 3 is 2.71 bits per heavy atom. The van der Waals surface area contributed by atoms with E-state index < -0.39 is 0 Å². The van der Waals surface area contributed by atoms with Crippen molar-refractivity contribution in [2.45, 2.75) is 19.5 Å². The van der Waals surface area contributed by atoms with Crippen molar-refractivity contribution in [3.63, 3.8) is 0 Å². The Balaban J connectivity index is 0.00000200. The van der Waals surface area contributed by atoms with Gasteiger partial charge in [0, 0.05) is 6.54 Å². The van der Waals surface area contributed by atoms with Crippen molar-refractivity contribution >= 4 is 36.5 Å². The minimum Gasteiger partial charge on any atom is -0.468 e. The summed E-state index contributed by atoms with van der Waals surface area (Å²) in [6, 6.07) is 3.36. The van der Waals surface area contributed by atoms with Gasteiger partial charge in [-0.2, -0.15) is 0 Å². The Bertz CT molecular complexity index is 499. The lowest BCUT2D eigenvalue weighted by Crippen LogP contribution is -2.36. The van der Waals surface area contributed by atoms with Crippen molar-refractivity contribution in [3.8, 4) is 11.5 Å². The van der Waals surface area contributed by atoms with Gasteiger partial charge in [-0.3, -0.25) is 9.69 Å². The van der Waals surface area contributed by atoms with Crippen LogP contribution in [0.4, 0.5) is 5.69 Å². The molecule has 1 atom stereocenters.